The third-order valence-electron chi connectivity index (χ3n) is 5.40. The Morgan fingerprint density at radius 3 is 2.42 bits per heavy atom. The molecular formula is C27H33ClN4O. The average Bonchev–Trinajstić information content (AvgIpc) is 2.77. The van der Waals surface area contributed by atoms with E-state index in [2.05, 4.69) is 44.0 Å². The summed E-state index contributed by atoms with van der Waals surface area (Å²) in [5.41, 5.74) is 4.68. The molecule has 174 valence electrons. The Hall–Kier alpha value is -2.81. The molecule has 2 aromatic carbocycles. The van der Waals surface area contributed by atoms with Crippen LogP contribution < -0.4 is 10.1 Å². The summed E-state index contributed by atoms with van der Waals surface area (Å²) in [7, 11) is 1.61. The van der Waals surface area contributed by atoms with Crippen LogP contribution in [0.4, 0.5) is 5.69 Å². The van der Waals surface area contributed by atoms with E-state index in [-0.39, 0.29) is 0 Å². The molecule has 0 bridgehead atoms. The van der Waals surface area contributed by atoms with E-state index in [1.165, 1.54) is 0 Å². The lowest BCUT2D eigenvalue weighted by Crippen LogP contribution is -2.31. The SMILES string of the molecule is COc1ccc(CNc2c(CN(CC(C)C)CC(C)C)cnc3ccc(C#N)cc23)cc1Cl. The quantitative estimate of drug-likeness (QED) is 0.371. The molecule has 3 aromatic rings. The van der Waals surface area contributed by atoms with Crippen LogP contribution in [-0.2, 0) is 13.1 Å². The molecule has 1 N–H and O–H groups in total. The molecule has 1 aromatic heterocycles. The number of halogens is 1. The topological polar surface area (TPSA) is 61.2 Å². The molecule has 0 aliphatic rings. The standard InChI is InChI=1S/C27H33ClN4O/c1-18(2)15-32(16-19(3)4)17-22-14-30-25-8-6-20(12-29)10-23(25)27(22)31-13-21-7-9-26(33-5)24(28)11-21/h6-11,14,18-19H,13,15-17H2,1-5H3,(H,30,31). The zero-order valence-electron chi connectivity index (χ0n) is 20.2. The lowest BCUT2D eigenvalue weighted by Gasteiger charge is -2.27. The van der Waals surface area contributed by atoms with Gasteiger partial charge in [-0.2, -0.15) is 5.26 Å². The average molecular weight is 465 g/mol. The molecule has 0 saturated carbocycles. The number of fused-ring (bicyclic) bond motifs is 1. The minimum Gasteiger partial charge on any atom is -0.495 e. The molecule has 0 aliphatic carbocycles. The summed E-state index contributed by atoms with van der Waals surface area (Å²) in [5.74, 6) is 1.80. The fourth-order valence-electron chi connectivity index (χ4n) is 4.12. The van der Waals surface area contributed by atoms with Gasteiger partial charge >= 0.3 is 0 Å². The maximum atomic E-state index is 9.46. The second-order valence-electron chi connectivity index (χ2n) is 9.31. The van der Waals surface area contributed by atoms with Crippen LogP contribution in [0.2, 0.25) is 5.02 Å². The number of anilines is 1. The van der Waals surface area contributed by atoms with Gasteiger partial charge in [0.25, 0.3) is 0 Å². The molecular weight excluding hydrogens is 432 g/mol. The van der Waals surface area contributed by atoms with Crippen LogP contribution in [0.5, 0.6) is 5.75 Å². The summed E-state index contributed by atoms with van der Waals surface area (Å²) in [6, 6.07) is 13.7. The minimum atomic E-state index is 0.570. The van der Waals surface area contributed by atoms with E-state index in [0.717, 1.165) is 47.4 Å². The Balaban J connectivity index is 1.99. The van der Waals surface area contributed by atoms with Crippen molar-refractivity contribution in [3.05, 3.63) is 64.3 Å². The summed E-state index contributed by atoms with van der Waals surface area (Å²) >= 11 is 6.34. The molecule has 0 unspecified atom stereocenters. The second kappa shape index (κ2) is 11.4. The summed E-state index contributed by atoms with van der Waals surface area (Å²) in [6.45, 7) is 12.4. The number of nitriles is 1. The molecule has 0 aliphatic heterocycles. The zero-order valence-corrected chi connectivity index (χ0v) is 20.9. The van der Waals surface area contributed by atoms with Gasteiger partial charge in [-0.3, -0.25) is 9.88 Å². The van der Waals surface area contributed by atoms with E-state index >= 15 is 0 Å². The summed E-state index contributed by atoms with van der Waals surface area (Å²) in [6.07, 6.45) is 1.96. The fraction of sp³-hybridized carbons (Fsp3) is 0.407. The summed E-state index contributed by atoms with van der Waals surface area (Å²) in [5, 5.41) is 14.6. The largest absolute Gasteiger partial charge is 0.495 e. The molecule has 0 saturated heterocycles. The third-order valence-corrected chi connectivity index (χ3v) is 5.70. The van der Waals surface area contributed by atoms with Crippen LogP contribution >= 0.6 is 11.6 Å². The monoisotopic (exact) mass is 464 g/mol. The second-order valence-corrected chi connectivity index (χ2v) is 9.71. The van der Waals surface area contributed by atoms with E-state index in [0.29, 0.717) is 34.7 Å². The number of nitrogens with zero attached hydrogens (tertiary/aromatic N) is 3. The fourth-order valence-corrected chi connectivity index (χ4v) is 4.40. The third kappa shape index (κ3) is 6.60. The van der Waals surface area contributed by atoms with Crippen LogP contribution in [0, 0.1) is 23.2 Å². The number of ether oxygens (including phenoxy) is 1. The molecule has 1 heterocycles. The van der Waals surface area contributed by atoms with Crippen LogP contribution in [0.25, 0.3) is 10.9 Å². The van der Waals surface area contributed by atoms with Crippen LogP contribution in [-0.4, -0.2) is 30.1 Å². The number of hydrogen-bond acceptors (Lipinski definition) is 5. The van der Waals surface area contributed by atoms with Gasteiger partial charge in [-0.15, -0.1) is 0 Å². The van der Waals surface area contributed by atoms with Crippen molar-refractivity contribution in [2.45, 2.75) is 40.8 Å². The van der Waals surface area contributed by atoms with Gasteiger partial charge < -0.3 is 10.1 Å². The first-order chi connectivity index (χ1) is 15.8. The van der Waals surface area contributed by atoms with Gasteiger partial charge in [0.05, 0.1) is 29.3 Å². The van der Waals surface area contributed by atoms with Crippen molar-refractivity contribution in [2.75, 3.05) is 25.5 Å². The van der Waals surface area contributed by atoms with Crippen LogP contribution in [0.3, 0.4) is 0 Å². The van der Waals surface area contributed by atoms with E-state index in [1.807, 2.05) is 42.6 Å². The highest BCUT2D eigenvalue weighted by molar-refractivity contribution is 6.32. The maximum absolute atomic E-state index is 9.46. The zero-order chi connectivity index (χ0) is 24.0. The molecule has 0 atom stereocenters. The molecule has 3 rings (SSSR count). The van der Waals surface area contributed by atoms with Crippen molar-refractivity contribution in [1.82, 2.24) is 9.88 Å². The van der Waals surface area contributed by atoms with Gasteiger partial charge in [-0.05, 0) is 47.7 Å². The Kier molecular flexibility index (Phi) is 8.55. The first-order valence-corrected chi connectivity index (χ1v) is 11.8. The highest BCUT2D eigenvalue weighted by Crippen LogP contribution is 2.30. The Bertz CT molecular complexity index is 1130. The molecule has 0 radical (unpaired) electrons. The van der Waals surface area contributed by atoms with Crippen molar-refractivity contribution < 1.29 is 4.74 Å². The van der Waals surface area contributed by atoms with Crippen LogP contribution in [0.1, 0.15) is 44.4 Å². The molecule has 0 amide bonds. The summed E-state index contributed by atoms with van der Waals surface area (Å²) < 4.78 is 5.28. The highest BCUT2D eigenvalue weighted by Gasteiger charge is 2.16. The van der Waals surface area contributed by atoms with Crippen molar-refractivity contribution in [2.24, 2.45) is 11.8 Å². The van der Waals surface area contributed by atoms with Crippen molar-refractivity contribution in [3.8, 4) is 11.8 Å². The van der Waals surface area contributed by atoms with E-state index in [1.54, 1.807) is 7.11 Å². The van der Waals surface area contributed by atoms with Gasteiger partial charge in [0.2, 0.25) is 0 Å². The van der Waals surface area contributed by atoms with E-state index < -0.39 is 0 Å². The lowest BCUT2D eigenvalue weighted by atomic mass is 10.0. The predicted molar refractivity (Wildman–Crippen MR) is 137 cm³/mol. The Labute approximate surface area is 202 Å². The number of aromatic nitrogens is 1. The maximum Gasteiger partial charge on any atom is 0.137 e. The Morgan fingerprint density at radius 2 is 1.82 bits per heavy atom. The number of pyridine rings is 1. The van der Waals surface area contributed by atoms with Crippen molar-refractivity contribution >= 4 is 28.2 Å². The summed E-state index contributed by atoms with van der Waals surface area (Å²) in [4.78, 5) is 7.19. The van der Waals surface area contributed by atoms with E-state index in [9.17, 15) is 5.26 Å². The first kappa shape index (κ1) is 24.8. The van der Waals surface area contributed by atoms with Gasteiger partial charge in [0.1, 0.15) is 5.75 Å². The first-order valence-electron chi connectivity index (χ1n) is 11.4. The number of hydrogen-bond donors (Lipinski definition) is 1. The lowest BCUT2D eigenvalue weighted by molar-refractivity contribution is 0.211. The molecule has 33 heavy (non-hydrogen) atoms. The molecule has 0 fully saturated rings. The van der Waals surface area contributed by atoms with E-state index in [4.69, 9.17) is 21.3 Å². The van der Waals surface area contributed by atoms with Crippen molar-refractivity contribution in [1.29, 1.82) is 5.26 Å². The predicted octanol–water partition coefficient (Wildman–Crippen LogP) is 6.49. The smallest absolute Gasteiger partial charge is 0.137 e. The van der Waals surface area contributed by atoms with Gasteiger partial charge in [-0.25, -0.2) is 0 Å². The normalized spacial score (nSPS) is 11.4. The Morgan fingerprint density at radius 1 is 1.09 bits per heavy atom. The highest BCUT2D eigenvalue weighted by atomic mass is 35.5. The number of methoxy groups -OCH3 is 1. The number of nitrogens with one attached hydrogen (secondary N) is 1. The number of benzene rings is 2. The molecule has 0 spiro atoms. The minimum absolute atomic E-state index is 0.570. The van der Waals surface area contributed by atoms with Gasteiger partial charge in [0, 0.05) is 49.0 Å². The molecule has 6 heteroatoms. The van der Waals surface area contributed by atoms with Gasteiger partial charge in [-0.1, -0.05) is 45.4 Å². The number of rotatable bonds is 10. The van der Waals surface area contributed by atoms with Crippen molar-refractivity contribution in [3.63, 3.8) is 0 Å². The molecule has 5 nitrogen and oxygen atoms in total. The van der Waals surface area contributed by atoms with Crippen LogP contribution in [0.15, 0.2) is 42.6 Å². The van der Waals surface area contributed by atoms with Gasteiger partial charge in [0.15, 0.2) is 0 Å².